The van der Waals surface area contributed by atoms with Crippen LogP contribution >= 0.6 is 0 Å². The molecule has 1 heterocycles. The number of hydrogen-bond donors (Lipinski definition) is 2. The van der Waals surface area contributed by atoms with Crippen LogP contribution in [0.5, 0.6) is 0 Å². The van der Waals surface area contributed by atoms with Crippen LogP contribution in [0.4, 0.5) is 5.69 Å². The van der Waals surface area contributed by atoms with E-state index in [4.69, 9.17) is 10.5 Å². The Labute approximate surface area is 143 Å². The van der Waals surface area contributed by atoms with E-state index < -0.39 is 6.04 Å². The molecule has 2 rings (SSSR count). The fourth-order valence-corrected chi connectivity index (χ4v) is 2.94. The number of carbonyl (C=O) groups excluding carboxylic acids is 2. The molecule has 1 aliphatic rings. The highest BCUT2D eigenvalue weighted by atomic mass is 16.5. The molecule has 1 aromatic carbocycles. The number of anilines is 1. The molecular formula is C18H27N3O3. The minimum Gasteiger partial charge on any atom is -0.381 e. The standard InChI is InChI=1S/C18H27N3O3/c1-3-21(4-2)18(23)14-6-5-7-15(12-14)20-17(22)16(19)13-8-10-24-11-9-13/h5-7,12-13,16H,3-4,8-11,19H2,1-2H3,(H,20,22). The van der Waals surface area contributed by atoms with Crippen molar-refractivity contribution < 1.29 is 14.3 Å². The maximum absolute atomic E-state index is 12.4. The van der Waals surface area contributed by atoms with Gasteiger partial charge >= 0.3 is 0 Å². The fraction of sp³-hybridized carbons (Fsp3) is 0.556. The summed E-state index contributed by atoms with van der Waals surface area (Å²) in [6.07, 6.45) is 1.60. The van der Waals surface area contributed by atoms with Gasteiger partial charge in [-0.2, -0.15) is 0 Å². The van der Waals surface area contributed by atoms with Gasteiger partial charge in [0.1, 0.15) is 0 Å². The smallest absolute Gasteiger partial charge is 0.253 e. The van der Waals surface area contributed by atoms with Crippen molar-refractivity contribution in [2.75, 3.05) is 31.6 Å². The van der Waals surface area contributed by atoms with Gasteiger partial charge in [0.05, 0.1) is 6.04 Å². The molecule has 0 bridgehead atoms. The third kappa shape index (κ3) is 4.55. The van der Waals surface area contributed by atoms with Crippen LogP contribution in [-0.4, -0.2) is 49.1 Å². The lowest BCUT2D eigenvalue weighted by molar-refractivity contribution is -0.119. The summed E-state index contributed by atoms with van der Waals surface area (Å²) in [5.41, 5.74) is 7.25. The van der Waals surface area contributed by atoms with Crippen molar-refractivity contribution in [1.82, 2.24) is 4.90 Å². The summed E-state index contributed by atoms with van der Waals surface area (Å²) in [5, 5.41) is 2.83. The molecule has 24 heavy (non-hydrogen) atoms. The van der Waals surface area contributed by atoms with Crippen molar-refractivity contribution in [3.63, 3.8) is 0 Å². The van der Waals surface area contributed by atoms with Gasteiger partial charge in [0.2, 0.25) is 5.91 Å². The molecule has 1 saturated heterocycles. The number of carbonyl (C=O) groups is 2. The Morgan fingerprint density at radius 2 is 1.96 bits per heavy atom. The van der Waals surface area contributed by atoms with Gasteiger partial charge in [-0.15, -0.1) is 0 Å². The molecule has 6 nitrogen and oxygen atoms in total. The molecule has 0 radical (unpaired) electrons. The molecule has 0 saturated carbocycles. The normalized spacial score (nSPS) is 16.5. The van der Waals surface area contributed by atoms with Crippen LogP contribution in [-0.2, 0) is 9.53 Å². The van der Waals surface area contributed by atoms with E-state index in [2.05, 4.69) is 5.32 Å². The van der Waals surface area contributed by atoms with Crippen molar-refractivity contribution in [2.24, 2.45) is 11.7 Å². The lowest BCUT2D eigenvalue weighted by Gasteiger charge is -2.26. The minimum atomic E-state index is -0.559. The molecule has 3 N–H and O–H groups in total. The molecule has 0 aromatic heterocycles. The van der Waals surface area contributed by atoms with Crippen molar-refractivity contribution in [2.45, 2.75) is 32.7 Å². The van der Waals surface area contributed by atoms with E-state index in [1.807, 2.05) is 13.8 Å². The summed E-state index contributed by atoms with van der Waals surface area (Å²) in [7, 11) is 0. The lowest BCUT2D eigenvalue weighted by Crippen LogP contribution is -2.44. The molecule has 2 amide bonds. The van der Waals surface area contributed by atoms with Crippen molar-refractivity contribution in [1.29, 1.82) is 0 Å². The van der Waals surface area contributed by atoms with E-state index in [1.165, 1.54) is 0 Å². The van der Waals surface area contributed by atoms with Gasteiger partial charge in [-0.25, -0.2) is 0 Å². The van der Waals surface area contributed by atoms with Gasteiger partial charge in [0.15, 0.2) is 0 Å². The second-order valence-corrected chi connectivity index (χ2v) is 6.02. The van der Waals surface area contributed by atoms with Crippen molar-refractivity contribution in [3.8, 4) is 0 Å². The first kappa shape index (κ1) is 18.4. The van der Waals surface area contributed by atoms with Crippen LogP contribution in [0.15, 0.2) is 24.3 Å². The zero-order chi connectivity index (χ0) is 17.5. The summed E-state index contributed by atoms with van der Waals surface area (Å²) in [5.74, 6) is -0.113. The summed E-state index contributed by atoms with van der Waals surface area (Å²) >= 11 is 0. The maximum atomic E-state index is 12.4. The second kappa shape index (κ2) is 8.80. The average molecular weight is 333 g/mol. The lowest BCUT2D eigenvalue weighted by atomic mass is 9.92. The highest BCUT2D eigenvalue weighted by molar-refractivity contribution is 5.98. The molecule has 132 valence electrons. The molecule has 6 heteroatoms. The molecule has 0 spiro atoms. The van der Waals surface area contributed by atoms with Crippen molar-refractivity contribution >= 4 is 17.5 Å². The van der Waals surface area contributed by atoms with Crippen LogP contribution < -0.4 is 11.1 Å². The van der Waals surface area contributed by atoms with E-state index >= 15 is 0 Å². The third-order valence-electron chi connectivity index (χ3n) is 4.50. The summed E-state index contributed by atoms with van der Waals surface area (Å²) in [4.78, 5) is 26.5. The highest BCUT2D eigenvalue weighted by Crippen LogP contribution is 2.19. The largest absolute Gasteiger partial charge is 0.381 e. The van der Waals surface area contributed by atoms with Gasteiger partial charge in [0.25, 0.3) is 5.91 Å². The predicted octanol–water partition coefficient (Wildman–Crippen LogP) is 1.86. The second-order valence-electron chi connectivity index (χ2n) is 6.02. The van der Waals surface area contributed by atoms with Crippen LogP contribution in [0.25, 0.3) is 0 Å². The quantitative estimate of drug-likeness (QED) is 0.832. The predicted molar refractivity (Wildman–Crippen MR) is 93.8 cm³/mol. The number of ether oxygens (including phenoxy) is 1. The monoisotopic (exact) mass is 333 g/mol. The number of hydrogen-bond acceptors (Lipinski definition) is 4. The molecule has 1 aromatic rings. The first-order valence-electron chi connectivity index (χ1n) is 8.60. The fourth-order valence-electron chi connectivity index (χ4n) is 2.94. The molecule has 1 fully saturated rings. The Bertz CT molecular complexity index is 566. The molecule has 1 unspecified atom stereocenters. The van der Waals surface area contributed by atoms with Crippen LogP contribution in [0.1, 0.15) is 37.0 Å². The van der Waals surface area contributed by atoms with E-state index in [1.54, 1.807) is 29.2 Å². The average Bonchev–Trinajstić information content (AvgIpc) is 2.63. The Morgan fingerprint density at radius 3 is 2.58 bits per heavy atom. The summed E-state index contributed by atoms with van der Waals surface area (Å²) in [6, 6.07) is 6.44. The zero-order valence-electron chi connectivity index (χ0n) is 14.5. The highest BCUT2D eigenvalue weighted by Gasteiger charge is 2.26. The topological polar surface area (TPSA) is 84.7 Å². The van der Waals surface area contributed by atoms with Crippen LogP contribution in [0.2, 0.25) is 0 Å². The zero-order valence-corrected chi connectivity index (χ0v) is 14.5. The van der Waals surface area contributed by atoms with E-state index in [-0.39, 0.29) is 17.7 Å². The maximum Gasteiger partial charge on any atom is 0.253 e. The number of amides is 2. The van der Waals surface area contributed by atoms with Crippen LogP contribution in [0, 0.1) is 5.92 Å². The number of rotatable bonds is 6. The summed E-state index contributed by atoms with van der Waals surface area (Å²) < 4.78 is 5.30. The first-order valence-corrected chi connectivity index (χ1v) is 8.60. The Kier molecular flexibility index (Phi) is 6.75. The minimum absolute atomic E-state index is 0.0372. The van der Waals surface area contributed by atoms with Gasteiger partial charge in [-0.05, 0) is 50.8 Å². The van der Waals surface area contributed by atoms with E-state index in [0.29, 0.717) is 37.6 Å². The van der Waals surface area contributed by atoms with Crippen molar-refractivity contribution in [3.05, 3.63) is 29.8 Å². The van der Waals surface area contributed by atoms with Gasteiger partial charge in [-0.1, -0.05) is 6.07 Å². The van der Waals surface area contributed by atoms with E-state index in [9.17, 15) is 9.59 Å². The molecule has 1 atom stereocenters. The van der Waals surface area contributed by atoms with Gasteiger partial charge < -0.3 is 20.7 Å². The van der Waals surface area contributed by atoms with Crippen LogP contribution in [0.3, 0.4) is 0 Å². The number of nitrogens with zero attached hydrogens (tertiary/aromatic N) is 1. The Morgan fingerprint density at radius 1 is 1.29 bits per heavy atom. The molecule has 0 aliphatic carbocycles. The Hall–Kier alpha value is -1.92. The number of nitrogens with two attached hydrogens (primary N) is 1. The third-order valence-corrected chi connectivity index (χ3v) is 4.50. The number of benzene rings is 1. The van der Waals surface area contributed by atoms with Gasteiger partial charge in [0, 0.05) is 37.6 Å². The van der Waals surface area contributed by atoms with E-state index in [0.717, 1.165) is 12.8 Å². The molecule has 1 aliphatic heterocycles. The number of nitrogens with one attached hydrogen (secondary N) is 1. The molecular weight excluding hydrogens is 306 g/mol. The first-order chi connectivity index (χ1) is 11.6. The SMILES string of the molecule is CCN(CC)C(=O)c1cccc(NC(=O)C(N)C2CCOCC2)c1. The van der Waals surface area contributed by atoms with Gasteiger partial charge in [-0.3, -0.25) is 9.59 Å². The summed E-state index contributed by atoms with van der Waals surface area (Å²) in [6.45, 7) is 6.50. The Balaban J connectivity index is 2.03.